The summed E-state index contributed by atoms with van der Waals surface area (Å²) in [6.07, 6.45) is 1.88. The van der Waals surface area contributed by atoms with E-state index < -0.39 is 0 Å². The fourth-order valence-corrected chi connectivity index (χ4v) is 2.36. The monoisotopic (exact) mass is 240 g/mol. The topological polar surface area (TPSA) is 35.8 Å². The average Bonchev–Trinajstić information content (AvgIpc) is 2.83. The van der Waals surface area contributed by atoms with Gasteiger partial charge in [0.1, 0.15) is 0 Å². The standard InChI is InChI=1S/C12H20N2OS/c1-3-14(4-2)8-5-6-12(13-15)11-7-9-16-10-11/h7,9-10,15H,3-6,8H2,1-2H3/b13-12+. The highest BCUT2D eigenvalue weighted by Gasteiger charge is 2.06. The van der Waals surface area contributed by atoms with Gasteiger partial charge in [0.05, 0.1) is 5.71 Å². The van der Waals surface area contributed by atoms with Gasteiger partial charge < -0.3 is 10.1 Å². The van der Waals surface area contributed by atoms with Crippen LogP contribution in [0.25, 0.3) is 0 Å². The lowest BCUT2D eigenvalue weighted by molar-refractivity contribution is 0.298. The van der Waals surface area contributed by atoms with Crippen LogP contribution in [0.2, 0.25) is 0 Å². The zero-order valence-electron chi connectivity index (χ0n) is 10.0. The summed E-state index contributed by atoms with van der Waals surface area (Å²) in [5.74, 6) is 0. The van der Waals surface area contributed by atoms with E-state index >= 15 is 0 Å². The van der Waals surface area contributed by atoms with Crippen molar-refractivity contribution in [2.24, 2.45) is 5.16 Å². The van der Waals surface area contributed by atoms with E-state index in [1.807, 2.05) is 16.8 Å². The Bertz CT molecular complexity index is 305. The Morgan fingerprint density at radius 1 is 1.44 bits per heavy atom. The molecule has 0 saturated carbocycles. The first-order valence-corrected chi connectivity index (χ1v) is 6.71. The molecule has 0 bridgehead atoms. The van der Waals surface area contributed by atoms with Crippen molar-refractivity contribution in [1.29, 1.82) is 0 Å². The van der Waals surface area contributed by atoms with Crippen molar-refractivity contribution in [3.05, 3.63) is 22.4 Å². The van der Waals surface area contributed by atoms with Gasteiger partial charge in [-0.2, -0.15) is 11.3 Å². The van der Waals surface area contributed by atoms with Crippen molar-refractivity contribution < 1.29 is 5.21 Å². The van der Waals surface area contributed by atoms with E-state index in [1.165, 1.54) is 0 Å². The third kappa shape index (κ3) is 3.94. The molecule has 1 N–H and O–H groups in total. The highest BCUT2D eigenvalue weighted by molar-refractivity contribution is 7.08. The van der Waals surface area contributed by atoms with Crippen LogP contribution in [0.4, 0.5) is 0 Å². The number of hydrogen-bond acceptors (Lipinski definition) is 4. The summed E-state index contributed by atoms with van der Waals surface area (Å²) in [4.78, 5) is 2.38. The summed E-state index contributed by atoms with van der Waals surface area (Å²) < 4.78 is 0. The minimum atomic E-state index is 0.799. The molecule has 0 aromatic carbocycles. The molecule has 1 aromatic heterocycles. The van der Waals surface area contributed by atoms with E-state index in [0.29, 0.717) is 0 Å². The highest BCUT2D eigenvalue weighted by Crippen LogP contribution is 2.11. The van der Waals surface area contributed by atoms with Crippen LogP contribution in [-0.2, 0) is 0 Å². The first-order chi connectivity index (χ1) is 7.81. The lowest BCUT2D eigenvalue weighted by Crippen LogP contribution is -2.24. The summed E-state index contributed by atoms with van der Waals surface area (Å²) in [6, 6.07) is 2.00. The second kappa shape index (κ2) is 7.41. The van der Waals surface area contributed by atoms with Crippen LogP contribution in [0.15, 0.2) is 22.0 Å². The van der Waals surface area contributed by atoms with E-state index in [-0.39, 0.29) is 0 Å². The minimum absolute atomic E-state index is 0.799. The Morgan fingerprint density at radius 2 is 2.19 bits per heavy atom. The molecule has 3 nitrogen and oxygen atoms in total. The maximum Gasteiger partial charge on any atom is 0.0876 e. The van der Waals surface area contributed by atoms with Crippen molar-refractivity contribution in [1.82, 2.24) is 4.90 Å². The molecule has 0 fully saturated rings. The minimum Gasteiger partial charge on any atom is -0.411 e. The normalized spacial score (nSPS) is 12.3. The van der Waals surface area contributed by atoms with Crippen molar-refractivity contribution in [2.45, 2.75) is 26.7 Å². The number of oxime groups is 1. The first kappa shape index (κ1) is 13.2. The molecule has 0 aliphatic carbocycles. The summed E-state index contributed by atoms with van der Waals surface area (Å²) in [5, 5.41) is 16.4. The van der Waals surface area contributed by atoms with Crippen LogP contribution in [0.1, 0.15) is 32.3 Å². The average molecular weight is 240 g/mol. The Balaban J connectivity index is 2.36. The van der Waals surface area contributed by atoms with Gasteiger partial charge in [0.2, 0.25) is 0 Å². The van der Waals surface area contributed by atoms with E-state index in [4.69, 9.17) is 5.21 Å². The van der Waals surface area contributed by atoms with Gasteiger partial charge in [-0.05, 0) is 49.3 Å². The molecule has 0 amide bonds. The second-order valence-electron chi connectivity index (χ2n) is 3.69. The maximum atomic E-state index is 8.96. The van der Waals surface area contributed by atoms with Crippen LogP contribution in [0, 0.1) is 0 Å². The predicted molar refractivity (Wildman–Crippen MR) is 69.7 cm³/mol. The smallest absolute Gasteiger partial charge is 0.0876 e. The molecular formula is C12H20N2OS. The van der Waals surface area contributed by atoms with Gasteiger partial charge in [0.25, 0.3) is 0 Å². The molecule has 0 spiro atoms. The fraction of sp³-hybridized carbons (Fsp3) is 0.583. The molecule has 16 heavy (non-hydrogen) atoms. The Kier molecular flexibility index (Phi) is 6.11. The highest BCUT2D eigenvalue weighted by atomic mass is 32.1. The van der Waals surface area contributed by atoms with Crippen LogP contribution in [0.5, 0.6) is 0 Å². The molecule has 1 rings (SSSR count). The SMILES string of the molecule is CCN(CC)CCC/C(=N\O)c1ccsc1. The third-order valence-corrected chi connectivity index (χ3v) is 3.44. The number of thiophene rings is 1. The number of rotatable bonds is 7. The lowest BCUT2D eigenvalue weighted by Gasteiger charge is -2.17. The van der Waals surface area contributed by atoms with E-state index in [2.05, 4.69) is 23.9 Å². The lowest BCUT2D eigenvalue weighted by atomic mass is 10.1. The van der Waals surface area contributed by atoms with Crippen LogP contribution in [-0.4, -0.2) is 35.5 Å². The molecule has 0 aliphatic heterocycles. The predicted octanol–water partition coefficient (Wildman–Crippen LogP) is 3.05. The van der Waals surface area contributed by atoms with Gasteiger partial charge in [-0.25, -0.2) is 0 Å². The van der Waals surface area contributed by atoms with Gasteiger partial charge in [-0.3, -0.25) is 0 Å². The van der Waals surface area contributed by atoms with Gasteiger partial charge >= 0.3 is 0 Å². The Morgan fingerprint density at radius 3 is 2.69 bits per heavy atom. The van der Waals surface area contributed by atoms with Crippen molar-refractivity contribution >= 4 is 17.0 Å². The van der Waals surface area contributed by atoms with Gasteiger partial charge in [-0.1, -0.05) is 19.0 Å². The van der Waals surface area contributed by atoms with Crippen LogP contribution in [0.3, 0.4) is 0 Å². The molecule has 4 heteroatoms. The van der Waals surface area contributed by atoms with Gasteiger partial charge in [-0.15, -0.1) is 0 Å². The van der Waals surface area contributed by atoms with E-state index in [1.54, 1.807) is 11.3 Å². The Hall–Kier alpha value is -0.870. The molecule has 0 atom stereocenters. The number of hydrogen-bond donors (Lipinski definition) is 1. The maximum absolute atomic E-state index is 8.96. The Labute approximate surface area is 101 Å². The van der Waals surface area contributed by atoms with Crippen molar-refractivity contribution in [3.8, 4) is 0 Å². The molecule has 1 heterocycles. The van der Waals surface area contributed by atoms with Crippen LogP contribution >= 0.6 is 11.3 Å². The van der Waals surface area contributed by atoms with Gasteiger partial charge in [0.15, 0.2) is 0 Å². The number of nitrogens with zero attached hydrogens (tertiary/aromatic N) is 2. The quantitative estimate of drug-likeness (QED) is 0.452. The molecule has 0 radical (unpaired) electrons. The molecule has 0 aliphatic rings. The van der Waals surface area contributed by atoms with Gasteiger partial charge in [0, 0.05) is 5.56 Å². The zero-order valence-corrected chi connectivity index (χ0v) is 10.8. The molecule has 1 aromatic rings. The molecule has 0 saturated heterocycles. The van der Waals surface area contributed by atoms with Crippen LogP contribution < -0.4 is 0 Å². The second-order valence-corrected chi connectivity index (χ2v) is 4.47. The zero-order chi connectivity index (χ0) is 11.8. The van der Waals surface area contributed by atoms with E-state index in [9.17, 15) is 0 Å². The van der Waals surface area contributed by atoms with E-state index in [0.717, 1.165) is 43.8 Å². The summed E-state index contributed by atoms with van der Waals surface area (Å²) in [5.41, 5.74) is 1.85. The fourth-order valence-electron chi connectivity index (χ4n) is 1.69. The molecular weight excluding hydrogens is 220 g/mol. The summed E-state index contributed by atoms with van der Waals surface area (Å²) in [7, 11) is 0. The summed E-state index contributed by atoms with van der Waals surface area (Å²) in [6.45, 7) is 7.57. The molecule has 0 unspecified atom stereocenters. The largest absolute Gasteiger partial charge is 0.411 e. The first-order valence-electron chi connectivity index (χ1n) is 5.77. The van der Waals surface area contributed by atoms with Crippen molar-refractivity contribution in [2.75, 3.05) is 19.6 Å². The summed E-state index contributed by atoms with van der Waals surface area (Å²) >= 11 is 1.63. The molecule has 90 valence electrons. The van der Waals surface area contributed by atoms with Crippen molar-refractivity contribution in [3.63, 3.8) is 0 Å². The third-order valence-electron chi connectivity index (χ3n) is 2.76.